The van der Waals surface area contributed by atoms with Crippen LogP contribution in [0.3, 0.4) is 0 Å². The van der Waals surface area contributed by atoms with E-state index in [1.807, 2.05) is 0 Å². The molecule has 1 atom stereocenters. The highest BCUT2D eigenvalue weighted by Gasteiger charge is 2.48. The van der Waals surface area contributed by atoms with E-state index in [2.05, 4.69) is 25.1 Å². The van der Waals surface area contributed by atoms with Gasteiger partial charge in [-0.25, -0.2) is 0 Å². The van der Waals surface area contributed by atoms with Crippen LogP contribution in [0.25, 0.3) is 0 Å². The molecule has 0 amide bonds. The van der Waals surface area contributed by atoms with Gasteiger partial charge in [-0.15, -0.1) is 0 Å². The molecule has 2 N–H and O–H groups in total. The minimum atomic E-state index is 0.590. The predicted molar refractivity (Wildman–Crippen MR) is 67.7 cm³/mol. The maximum Gasteiger partial charge on any atom is -0.00432 e. The number of rotatable bonds is 2. The summed E-state index contributed by atoms with van der Waals surface area (Å²) in [4.78, 5) is 0. The Balaban J connectivity index is 2.03. The first-order chi connectivity index (χ1) is 7.75. The van der Waals surface area contributed by atoms with Crippen molar-refractivity contribution in [2.75, 3.05) is 6.54 Å². The summed E-state index contributed by atoms with van der Waals surface area (Å²) in [5, 5.41) is 0. The molecule has 0 bridgehead atoms. The molecule has 1 heteroatoms. The monoisotopic (exact) mass is 215 g/mol. The van der Waals surface area contributed by atoms with E-state index in [9.17, 15) is 0 Å². The van der Waals surface area contributed by atoms with Gasteiger partial charge in [0.25, 0.3) is 0 Å². The number of hydrogen-bond donors (Lipinski definition) is 1. The van der Waals surface area contributed by atoms with Gasteiger partial charge in [-0.05, 0) is 68.0 Å². The van der Waals surface area contributed by atoms with E-state index in [4.69, 9.17) is 5.73 Å². The van der Waals surface area contributed by atoms with Gasteiger partial charge in [0.05, 0.1) is 0 Å². The molecule has 1 nitrogen and oxygen atoms in total. The quantitative estimate of drug-likeness (QED) is 0.805. The van der Waals surface area contributed by atoms with Crippen molar-refractivity contribution in [3.8, 4) is 0 Å². The summed E-state index contributed by atoms with van der Waals surface area (Å²) in [6.07, 6.45) is 6.74. The van der Waals surface area contributed by atoms with Crippen molar-refractivity contribution in [3.05, 3.63) is 34.9 Å². The van der Waals surface area contributed by atoms with Gasteiger partial charge in [0.15, 0.2) is 0 Å². The Kier molecular flexibility index (Phi) is 2.32. The highest BCUT2D eigenvalue weighted by molar-refractivity contribution is 5.45. The van der Waals surface area contributed by atoms with Crippen molar-refractivity contribution in [3.63, 3.8) is 0 Å². The zero-order chi connectivity index (χ0) is 11.2. The molecule has 0 radical (unpaired) electrons. The second kappa shape index (κ2) is 3.59. The van der Waals surface area contributed by atoms with Gasteiger partial charge in [0.2, 0.25) is 0 Å². The molecule has 86 valence electrons. The fourth-order valence-corrected chi connectivity index (χ4v) is 3.40. The van der Waals surface area contributed by atoms with E-state index < -0.39 is 0 Å². The van der Waals surface area contributed by atoms with Gasteiger partial charge in [0.1, 0.15) is 0 Å². The highest BCUT2D eigenvalue weighted by atomic mass is 14.6. The second-order valence-corrected chi connectivity index (χ2v) is 5.68. The molecule has 3 rings (SSSR count). The lowest BCUT2D eigenvalue weighted by atomic mass is 9.73. The summed E-state index contributed by atoms with van der Waals surface area (Å²) in [7, 11) is 0. The number of benzene rings is 1. The lowest BCUT2D eigenvalue weighted by molar-refractivity contribution is 0.455. The van der Waals surface area contributed by atoms with Gasteiger partial charge in [0, 0.05) is 0 Å². The number of aryl methyl sites for hydroxylation is 1. The molecular formula is C15H21N. The molecule has 1 fully saturated rings. The fourth-order valence-electron chi connectivity index (χ4n) is 3.40. The Labute approximate surface area is 98.0 Å². The summed E-state index contributed by atoms with van der Waals surface area (Å²) < 4.78 is 0. The van der Waals surface area contributed by atoms with Gasteiger partial charge >= 0.3 is 0 Å². The minimum Gasteiger partial charge on any atom is -0.330 e. The van der Waals surface area contributed by atoms with Crippen LogP contribution in [0.1, 0.15) is 54.7 Å². The van der Waals surface area contributed by atoms with E-state index in [1.165, 1.54) is 31.2 Å². The Bertz CT molecular complexity index is 404. The highest BCUT2D eigenvalue weighted by Crippen LogP contribution is 2.58. The third-order valence-corrected chi connectivity index (χ3v) is 4.56. The number of nitrogens with two attached hydrogens (primary N) is 1. The van der Waals surface area contributed by atoms with Crippen molar-refractivity contribution in [2.24, 2.45) is 5.73 Å². The van der Waals surface area contributed by atoms with Crippen LogP contribution in [-0.4, -0.2) is 6.54 Å². The lowest BCUT2D eigenvalue weighted by Crippen LogP contribution is -2.21. The van der Waals surface area contributed by atoms with E-state index in [1.54, 1.807) is 11.1 Å². The molecule has 2 aliphatic carbocycles. The largest absolute Gasteiger partial charge is 0.330 e. The van der Waals surface area contributed by atoms with E-state index in [0.29, 0.717) is 5.41 Å². The SMILES string of the molecule is Cc1ccc2c(c1)C1(CCC2CCN)CC1. The van der Waals surface area contributed by atoms with Crippen LogP contribution in [0.15, 0.2) is 18.2 Å². The molecule has 0 saturated heterocycles. The van der Waals surface area contributed by atoms with Crippen LogP contribution in [0.2, 0.25) is 0 Å². The van der Waals surface area contributed by atoms with E-state index >= 15 is 0 Å². The maximum atomic E-state index is 5.73. The predicted octanol–water partition coefficient (Wildman–Crippen LogP) is 3.25. The Hall–Kier alpha value is -0.820. The van der Waals surface area contributed by atoms with Crippen molar-refractivity contribution in [1.29, 1.82) is 0 Å². The van der Waals surface area contributed by atoms with Gasteiger partial charge in [-0.1, -0.05) is 23.8 Å². The molecule has 1 unspecified atom stereocenters. The van der Waals surface area contributed by atoms with Crippen LogP contribution in [0.5, 0.6) is 0 Å². The van der Waals surface area contributed by atoms with Gasteiger partial charge in [-0.3, -0.25) is 0 Å². The molecule has 16 heavy (non-hydrogen) atoms. The van der Waals surface area contributed by atoms with Crippen molar-refractivity contribution < 1.29 is 0 Å². The first-order valence-corrected chi connectivity index (χ1v) is 6.56. The Morgan fingerprint density at radius 1 is 1.31 bits per heavy atom. The number of fused-ring (bicyclic) bond motifs is 2. The van der Waals surface area contributed by atoms with E-state index in [-0.39, 0.29) is 0 Å². The maximum absolute atomic E-state index is 5.73. The third-order valence-electron chi connectivity index (χ3n) is 4.56. The van der Waals surface area contributed by atoms with Crippen LogP contribution >= 0.6 is 0 Å². The normalized spacial score (nSPS) is 25.5. The lowest BCUT2D eigenvalue weighted by Gasteiger charge is -2.32. The van der Waals surface area contributed by atoms with Crippen LogP contribution in [0.4, 0.5) is 0 Å². The summed E-state index contributed by atoms with van der Waals surface area (Å²) in [5.74, 6) is 0.729. The molecule has 0 aliphatic heterocycles. The van der Waals surface area contributed by atoms with Crippen molar-refractivity contribution >= 4 is 0 Å². The molecule has 1 aromatic rings. The molecule has 1 aromatic carbocycles. The van der Waals surface area contributed by atoms with Crippen LogP contribution in [0, 0.1) is 6.92 Å². The smallest absolute Gasteiger partial charge is 0.00432 e. The summed E-state index contributed by atoms with van der Waals surface area (Å²) in [6, 6.07) is 7.07. The topological polar surface area (TPSA) is 26.0 Å². The Morgan fingerprint density at radius 2 is 2.12 bits per heavy atom. The average molecular weight is 215 g/mol. The standard InChI is InChI=1S/C15H21N/c1-11-2-3-13-12(5-9-16)4-6-15(7-8-15)14(13)10-11/h2-3,10,12H,4-9,16H2,1H3. The fraction of sp³-hybridized carbons (Fsp3) is 0.600. The second-order valence-electron chi connectivity index (χ2n) is 5.68. The first kappa shape index (κ1) is 10.3. The van der Waals surface area contributed by atoms with Gasteiger partial charge in [-0.2, -0.15) is 0 Å². The zero-order valence-electron chi connectivity index (χ0n) is 10.1. The molecule has 0 aromatic heterocycles. The van der Waals surface area contributed by atoms with Crippen molar-refractivity contribution in [2.45, 2.75) is 50.4 Å². The summed E-state index contributed by atoms with van der Waals surface area (Å²) >= 11 is 0. The van der Waals surface area contributed by atoms with Crippen LogP contribution < -0.4 is 5.73 Å². The zero-order valence-corrected chi connectivity index (χ0v) is 10.1. The molecule has 1 spiro atoms. The molecular weight excluding hydrogens is 194 g/mol. The van der Waals surface area contributed by atoms with E-state index in [0.717, 1.165) is 18.9 Å². The Morgan fingerprint density at radius 3 is 2.81 bits per heavy atom. The van der Waals surface area contributed by atoms with Gasteiger partial charge < -0.3 is 5.73 Å². The molecule has 2 aliphatic rings. The minimum absolute atomic E-state index is 0.590. The summed E-state index contributed by atoms with van der Waals surface area (Å²) in [6.45, 7) is 3.04. The van der Waals surface area contributed by atoms with Crippen LogP contribution in [-0.2, 0) is 5.41 Å². The molecule has 1 saturated carbocycles. The molecule has 0 heterocycles. The first-order valence-electron chi connectivity index (χ1n) is 6.56. The average Bonchev–Trinajstić information content (AvgIpc) is 3.04. The summed E-state index contributed by atoms with van der Waals surface area (Å²) in [5.41, 5.74) is 11.0. The van der Waals surface area contributed by atoms with Crippen molar-refractivity contribution in [1.82, 2.24) is 0 Å². The third kappa shape index (κ3) is 1.49. The number of hydrogen-bond acceptors (Lipinski definition) is 1.